The summed E-state index contributed by atoms with van der Waals surface area (Å²) in [5.74, 6) is 0.956. The number of rotatable bonds is 6. The largest absolute Gasteiger partial charge is 0.494 e. The maximum atomic E-state index is 5.89. The first-order chi connectivity index (χ1) is 9.65. The van der Waals surface area contributed by atoms with Crippen molar-refractivity contribution in [3.8, 4) is 5.75 Å². The second-order valence-corrected chi connectivity index (χ2v) is 5.80. The molecule has 2 unspecified atom stereocenters. The van der Waals surface area contributed by atoms with E-state index in [1.165, 1.54) is 5.56 Å². The van der Waals surface area contributed by atoms with E-state index in [0.29, 0.717) is 12.6 Å². The molecule has 1 aliphatic rings. The molecular weight excluding hydrogens is 250 g/mol. The van der Waals surface area contributed by atoms with Gasteiger partial charge in [-0.3, -0.25) is 0 Å². The van der Waals surface area contributed by atoms with Gasteiger partial charge in [-0.05, 0) is 50.8 Å². The molecule has 0 bridgehead atoms. The summed E-state index contributed by atoms with van der Waals surface area (Å²) in [6, 6.07) is 8.88. The van der Waals surface area contributed by atoms with Crippen molar-refractivity contribution >= 4 is 0 Å². The van der Waals surface area contributed by atoms with E-state index < -0.39 is 0 Å². The second-order valence-electron chi connectivity index (χ2n) is 5.80. The van der Waals surface area contributed by atoms with Crippen molar-refractivity contribution in [3.63, 3.8) is 0 Å². The summed E-state index contributed by atoms with van der Waals surface area (Å²) in [5.41, 5.74) is 1.32. The topological polar surface area (TPSA) is 30.5 Å². The Morgan fingerprint density at radius 1 is 1.40 bits per heavy atom. The van der Waals surface area contributed by atoms with Crippen molar-refractivity contribution in [2.45, 2.75) is 58.2 Å². The van der Waals surface area contributed by atoms with Gasteiger partial charge in [0.25, 0.3) is 0 Å². The SMILES string of the molecule is CCOc1cccc(CNC2CCOC(C)(CC)C2)c1. The fourth-order valence-electron chi connectivity index (χ4n) is 2.72. The lowest BCUT2D eigenvalue weighted by Crippen LogP contribution is -2.44. The van der Waals surface area contributed by atoms with Crippen molar-refractivity contribution in [3.05, 3.63) is 29.8 Å². The number of ether oxygens (including phenoxy) is 2. The quantitative estimate of drug-likeness (QED) is 0.863. The summed E-state index contributed by atoms with van der Waals surface area (Å²) >= 11 is 0. The third kappa shape index (κ3) is 4.22. The molecule has 1 fully saturated rings. The molecule has 3 heteroatoms. The van der Waals surface area contributed by atoms with Crippen molar-refractivity contribution in [2.24, 2.45) is 0 Å². The third-order valence-corrected chi connectivity index (χ3v) is 4.15. The molecule has 0 radical (unpaired) electrons. The Balaban J connectivity index is 1.87. The fraction of sp³-hybridized carbons (Fsp3) is 0.647. The molecular formula is C17H27NO2. The fourth-order valence-corrected chi connectivity index (χ4v) is 2.72. The van der Waals surface area contributed by atoms with E-state index in [4.69, 9.17) is 9.47 Å². The molecule has 1 aromatic carbocycles. The van der Waals surface area contributed by atoms with Gasteiger partial charge in [-0.1, -0.05) is 19.1 Å². The molecule has 1 aromatic rings. The third-order valence-electron chi connectivity index (χ3n) is 4.15. The molecule has 112 valence electrons. The lowest BCUT2D eigenvalue weighted by Gasteiger charge is -2.38. The standard InChI is InChI=1S/C17H27NO2/c1-4-17(3)12-15(9-10-20-17)18-13-14-7-6-8-16(11-14)19-5-2/h6-8,11,15,18H,4-5,9-10,12-13H2,1-3H3. The molecule has 3 nitrogen and oxygen atoms in total. The molecule has 1 heterocycles. The van der Waals surface area contributed by atoms with Crippen LogP contribution in [0.1, 0.15) is 45.6 Å². The highest BCUT2D eigenvalue weighted by Crippen LogP contribution is 2.27. The van der Waals surface area contributed by atoms with E-state index >= 15 is 0 Å². The summed E-state index contributed by atoms with van der Waals surface area (Å²) < 4.78 is 11.4. The van der Waals surface area contributed by atoms with Crippen LogP contribution in [-0.2, 0) is 11.3 Å². The lowest BCUT2D eigenvalue weighted by atomic mass is 9.90. The molecule has 0 amide bonds. The zero-order valence-electron chi connectivity index (χ0n) is 12.9. The van der Waals surface area contributed by atoms with E-state index in [9.17, 15) is 0 Å². The van der Waals surface area contributed by atoms with Gasteiger partial charge in [-0.25, -0.2) is 0 Å². The minimum absolute atomic E-state index is 0.0447. The molecule has 1 aliphatic heterocycles. The number of hydrogen-bond donors (Lipinski definition) is 1. The smallest absolute Gasteiger partial charge is 0.119 e. The summed E-state index contributed by atoms with van der Waals surface area (Å²) in [7, 11) is 0. The highest BCUT2D eigenvalue weighted by Gasteiger charge is 2.31. The van der Waals surface area contributed by atoms with Gasteiger partial charge in [-0.15, -0.1) is 0 Å². The Labute approximate surface area is 122 Å². The van der Waals surface area contributed by atoms with Crippen LogP contribution in [0, 0.1) is 0 Å². The number of hydrogen-bond acceptors (Lipinski definition) is 3. The average molecular weight is 277 g/mol. The Hall–Kier alpha value is -1.06. The van der Waals surface area contributed by atoms with Gasteiger partial charge >= 0.3 is 0 Å². The van der Waals surface area contributed by atoms with E-state index in [1.807, 2.05) is 13.0 Å². The van der Waals surface area contributed by atoms with Crippen molar-refractivity contribution < 1.29 is 9.47 Å². The van der Waals surface area contributed by atoms with Gasteiger partial charge in [0, 0.05) is 19.2 Å². The first-order valence-corrected chi connectivity index (χ1v) is 7.74. The van der Waals surface area contributed by atoms with Crippen LogP contribution in [0.25, 0.3) is 0 Å². The zero-order valence-corrected chi connectivity index (χ0v) is 12.9. The minimum atomic E-state index is 0.0447. The van der Waals surface area contributed by atoms with Crippen LogP contribution in [0.3, 0.4) is 0 Å². The molecule has 20 heavy (non-hydrogen) atoms. The van der Waals surface area contributed by atoms with E-state index in [0.717, 1.165) is 38.2 Å². The van der Waals surface area contributed by atoms with Crippen LogP contribution >= 0.6 is 0 Å². The molecule has 0 aromatic heterocycles. The molecule has 2 atom stereocenters. The van der Waals surface area contributed by atoms with Crippen molar-refractivity contribution in [1.82, 2.24) is 5.32 Å². The predicted molar refractivity (Wildman–Crippen MR) is 82.1 cm³/mol. The van der Waals surface area contributed by atoms with E-state index in [-0.39, 0.29) is 5.60 Å². The maximum Gasteiger partial charge on any atom is 0.119 e. The van der Waals surface area contributed by atoms with Crippen LogP contribution in [0.5, 0.6) is 5.75 Å². The van der Waals surface area contributed by atoms with Gasteiger partial charge in [0.05, 0.1) is 12.2 Å². The molecule has 0 aliphatic carbocycles. The average Bonchev–Trinajstić information content (AvgIpc) is 2.46. The van der Waals surface area contributed by atoms with Crippen LogP contribution in [0.4, 0.5) is 0 Å². The highest BCUT2D eigenvalue weighted by atomic mass is 16.5. The van der Waals surface area contributed by atoms with E-state index in [2.05, 4.69) is 37.4 Å². The highest BCUT2D eigenvalue weighted by molar-refractivity contribution is 5.28. The number of nitrogens with one attached hydrogen (secondary N) is 1. The Morgan fingerprint density at radius 3 is 3.00 bits per heavy atom. The van der Waals surface area contributed by atoms with Crippen LogP contribution in [0.2, 0.25) is 0 Å². The minimum Gasteiger partial charge on any atom is -0.494 e. The van der Waals surface area contributed by atoms with Crippen molar-refractivity contribution in [2.75, 3.05) is 13.2 Å². The van der Waals surface area contributed by atoms with Crippen LogP contribution in [-0.4, -0.2) is 24.9 Å². The van der Waals surface area contributed by atoms with Gasteiger partial charge in [0.15, 0.2) is 0 Å². The van der Waals surface area contributed by atoms with E-state index in [1.54, 1.807) is 0 Å². The summed E-state index contributed by atoms with van der Waals surface area (Å²) in [4.78, 5) is 0. The molecule has 2 rings (SSSR count). The normalized spacial score (nSPS) is 26.4. The predicted octanol–water partition coefficient (Wildman–Crippen LogP) is 3.52. The van der Waals surface area contributed by atoms with Crippen LogP contribution < -0.4 is 10.1 Å². The summed E-state index contributed by atoms with van der Waals surface area (Å²) in [6.07, 6.45) is 3.26. The monoisotopic (exact) mass is 277 g/mol. The second kappa shape index (κ2) is 7.09. The van der Waals surface area contributed by atoms with Gasteiger partial charge in [0.1, 0.15) is 5.75 Å². The van der Waals surface area contributed by atoms with Crippen LogP contribution in [0.15, 0.2) is 24.3 Å². The lowest BCUT2D eigenvalue weighted by molar-refractivity contribution is -0.0781. The maximum absolute atomic E-state index is 5.89. The van der Waals surface area contributed by atoms with Gasteiger partial charge < -0.3 is 14.8 Å². The summed E-state index contributed by atoms with van der Waals surface area (Å²) in [5, 5.41) is 3.66. The Kier molecular flexibility index (Phi) is 5.44. The first kappa shape index (κ1) is 15.3. The van der Waals surface area contributed by atoms with Gasteiger partial charge in [-0.2, -0.15) is 0 Å². The molecule has 1 saturated heterocycles. The molecule has 0 spiro atoms. The zero-order chi connectivity index (χ0) is 14.4. The van der Waals surface area contributed by atoms with Crippen molar-refractivity contribution in [1.29, 1.82) is 0 Å². The Morgan fingerprint density at radius 2 is 2.25 bits per heavy atom. The molecule has 0 saturated carbocycles. The Bertz CT molecular complexity index is 421. The summed E-state index contributed by atoms with van der Waals surface area (Å²) in [6.45, 7) is 8.90. The van der Waals surface area contributed by atoms with Gasteiger partial charge in [0.2, 0.25) is 0 Å². The first-order valence-electron chi connectivity index (χ1n) is 7.74. The number of benzene rings is 1. The molecule has 1 N–H and O–H groups in total.